The van der Waals surface area contributed by atoms with Crippen molar-refractivity contribution in [3.63, 3.8) is 0 Å². The molecule has 21 heavy (non-hydrogen) atoms. The SMILES string of the molecule is CCN(CC)CC(CC(C)C)OC(=O)c1ccc(N)cc1. The summed E-state index contributed by atoms with van der Waals surface area (Å²) >= 11 is 0. The van der Waals surface area contributed by atoms with Gasteiger partial charge in [-0.1, -0.05) is 27.7 Å². The second kappa shape index (κ2) is 8.67. The molecular weight excluding hydrogens is 264 g/mol. The number of hydrogen-bond acceptors (Lipinski definition) is 4. The highest BCUT2D eigenvalue weighted by atomic mass is 16.5. The van der Waals surface area contributed by atoms with Crippen molar-refractivity contribution in [3.8, 4) is 0 Å². The van der Waals surface area contributed by atoms with E-state index >= 15 is 0 Å². The van der Waals surface area contributed by atoms with Gasteiger partial charge in [0.05, 0.1) is 5.56 Å². The molecule has 1 aromatic carbocycles. The third kappa shape index (κ3) is 6.17. The van der Waals surface area contributed by atoms with Crippen molar-refractivity contribution in [1.29, 1.82) is 0 Å². The summed E-state index contributed by atoms with van der Waals surface area (Å²) in [6.45, 7) is 11.2. The summed E-state index contributed by atoms with van der Waals surface area (Å²) in [5.74, 6) is 0.220. The summed E-state index contributed by atoms with van der Waals surface area (Å²) in [5, 5.41) is 0. The van der Waals surface area contributed by atoms with Crippen molar-refractivity contribution in [2.45, 2.75) is 40.2 Å². The van der Waals surface area contributed by atoms with Crippen molar-refractivity contribution in [3.05, 3.63) is 29.8 Å². The zero-order valence-corrected chi connectivity index (χ0v) is 13.6. The lowest BCUT2D eigenvalue weighted by molar-refractivity contribution is 0.0155. The molecule has 0 aliphatic heterocycles. The summed E-state index contributed by atoms with van der Waals surface area (Å²) in [5.41, 5.74) is 6.84. The summed E-state index contributed by atoms with van der Waals surface area (Å²) < 4.78 is 5.70. The lowest BCUT2D eigenvalue weighted by atomic mass is 10.1. The third-order valence-corrected chi connectivity index (χ3v) is 3.51. The van der Waals surface area contributed by atoms with E-state index in [4.69, 9.17) is 10.5 Å². The van der Waals surface area contributed by atoms with E-state index in [9.17, 15) is 4.79 Å². The first kappa shape index (κ1) is 17.5. The fourth-order valence-corrected chi connectivity index (χ4v) is 2.29. The van der Waals surface area contributed by atoms with Crippen molar-refractivity contribution in [2.24, 2.45) is 5.92 Å². The Hall–Kier alpha value is -1.55. The average molecular weight is 292 g/mol. The minimum atomic E-state index is -0.271. The van der Waals surface area contributed by atoms with E-state index in [0.29, 0.717) is 17.2 Å². The molecule has 0 fully saturated rings. The van der Waals surface area contributed by atoms with Gasteiger partial charge in [0.1, 0.15) is 6.10 Å². The first-order valence-electron chi connectivity index (χ1n) is 7.75. The van der Waals surface area contributed by atoms with Crippen LogP contribution < -0.4 is 5.73 Å². The smallest absolute Gasteiger partial charge is 0.338 e. The minimum Gasteiger partial charge on any atom is -0.457 e. The molecule has 0 aliphatic rings. The number of rotatable bonds is 8. The molecule has 0 radical (unpaired) electrons. The first-order valence-corrected chi connectivity index (χ1v) is 7.75. The lowest BCUT2D eigenvalue weighted by Gasteiger charge is -2.26. The number of benzene rings is 1. The van der Waals surface area contributed by atoms with Crippen LogP contribution in [0.4, 0.5) is 5.69 Å². The summed E-state index contributed by atoms with van der Waals surface area (Å²) in [6, 6.07) is 6.86. The lowest BCUT2D eigenvalue weighted by Crippen LogP contribution is -2.35. The maximum absolute atomic E-state index is 12.2. The Morgan fingerprint density at radius 2 is 1.76 bits per heavy atom. The molecule has 1 aromatic rings. The molecule has 0 bridgehead atoms. The highest BCUT2D eigenvalue weighted by Crippen LogP contribution is 2.14. The highest BCUT2D eigenvalue weighted by molar-refractivity contribution is 5.89. The molecule has 1 rings (SSSR count). The van der Waals surface area contributed by atoms with Crippen LogP contribution >= 0.6 is 0 Å². The fraction of sp³-hybridized carbons (Fsp3) is 0.588. The Morgan fingerprint density at radius 1 is 1.19 bits per heavy atom. The average Bonchev–Trinajstić information content (AvgIpc) is 2.44. The molecule has 0 aliphatic carbocycles. The quantitative estimate of drug-likeness (QED) is 0.590. The molecule has 2 N–H and O–H groups in total. The number of nitrogens with two attached hydrogens (primary N) is 1. The van der Waals surface area contributed by atoms with Crippen molar-refractivity contribution >= 4 is 11.7 Å². The van der Waals surface area contributed by atoms with Crippen molar-refractivity contribution in [1.82, 2.24) is 4.90 Å². The topological polar surface area (TPSA) is 55.6 Å². The van der Waals surface area contributed by atoms with E-state index in [1.54, 1.807) is 24.3 Å². The van der Waals surface area contributed by atoms with Gasteiger partial charge in [-0.05, 0) is 49.7 Å². The zero-order chi connectivity index (χ0) is 15.8. The number of likely N-dealkylation sites (N-methyl/N-ethyl adjacent to an activating group) is 1. The molecule has 4 nitrogen and oxygen atoms in total. The van der Waals surface area contributed by atoms with Crippen LogP contribution in [0.1, 0.15) is 44.5 Å². The van der Waals surface area contributed by atoms with Crippen LogP contribution in [0.15, 0.2) is 24.3 Å². The Labute approximate surface area is 128 Å². The molecule has 118 valence electrons. The van der Waals surface area contributed by atoms with E-state index < -0.39 is 0 Å². The Bertz CT molecular complexity index is 425. The number of carbonyl (C=O) groups is 1. The third-order valence-electron chi connectivity index (χ3n) is 3.51. The number of nitrogen functional groups attached to an aromatic ring is 1. The van der Waals surface area contributed by atoms with Gasteiger partial charge in [-0.15, -0.1) is 0 Å². The number of anilines is 1. The largest absolute Gasteiger partial charge is 0.457 e. The molecule has 1 atom stereocenters. The van der Waals surface area contributed by atoms with Crippen LogP contribution in [0.25, 0.3) is 0 Å². The first-order chi connectivity index (χ1) is 9.96. The summed E-state index contributed by atoms with van der Waals surface area (Å²) in [7, 11) is 0. The Kier molecular flexibility index (Phi) is 7.23. The molecule has 1 unspecified atom stereocenters. The molecule has 4 heteroatoms. The van der Waals surface area contributed by atoms with Crippen LogP contribution in [-0.4, -0.2) is 36.6 Å². The molecule has 0 saturated heterocycles. The second-order valence-electron chi connectivity index (χ2n) is 5.76. The van der Waals surface area contributed by atoms with E-state index in [2.05, 4.69) is 32.6 Å². The van der Waals surface area contributed by atoms with Crippen LogP contribution in [0.2, 0.25) is 0 Å². The standard InChI is InChI=1S/C17H28N2O2/c1-5-19(6-2)12-16(11-13(3)4)21-17(20)14-7-9-15(18)10-8-14/h7-10,13,16H,5-6,11-12,18H2,1-4H3. The van der Waals surface area contributed by atoms with Gasteiger partial charge in [0.15, 0.2) is 0 Å². The van der Waals surface area contributed by atoms with E-state index in [0.717, 1.165) is 26.1 Å². The predicted molar refractivity (Wildman–Crippen MR) is 87.3 cm³/mol. The van der Waals surface area contributed by atoms with Gasteiger partial charge in [-0.2, -0.15) is 0 Å². The van der Waals surface area contributed by atoms with Gasteiger partial charge in [0.2, 0.25) is 0 Å². The maximum atomic E-state index is 12.2. The number of ether oxygens (including phenoxy) is 1. The molecule has 0 aromatic heterocycles. The molecule has 0 heterocycles. The van der Waals surface area contributed by atoms with Crippen molar-refractivity contribution in [2.75, 3.05) is 25.4 Å². The van der Waals surface area contributed by atoms with Gasteiger partial charge >= 0.3 is 5.97 Å². The normalized spacial score (nSPS) is 12.7. The molecule has 0 amide bonds. The highest BCUT2D eigenvalue weighted by Gasteiger charge is 2.19. The molecule has 0 spiro atoms. The maximum Gasteiger partial charge on any atom is 0.338 e. The second-order valence-corrected chi connectivity index (χ2v) is 5.76. The minimum absolute atomic E-state index is 0.0741. The van der Waals surface area contributed by atoms with Gasteiger partial charge < -0.3 is 15.4 Å². The fourth-order valence-electron chi connectivity index (χ4n) is 2.29. The number of esters is 1. The Morgan fingerprint density at radius 3 is 2.24 bits per heavy atom. The van der Waals surface area contributed by atoms with Gasteiger partial charge in [-0.3, -0.25) is 0 Å². The summed E-state index contributed by atoms with van der Waals surface area (Å²) in [6.07, 6.45) is 0.798. The monoisotopic (exact) mass is 292 g/mol. The van der Waals surface area contributed by atoms with Crippen LogP contribution in [-0.2, 0) is 4.74 Å². The van der Waals surface area contributed by atoms with Crippen LogP contribution in [0, 0.1) is 5.92 Å². The van der Waals surface area contributed by atoms with E-state index in [1.807, 2.05) is 0 Å². The van der Waals surface area contributed by atoms with Gasteiger partial charge in [0.25, 0.3) is 0 Å². The van der Waals surface area contributed by atoms with E-state index in [1.165, 1.54) is 0 Å². The van der Waals surface area contributed by atoms with E-state index in [-0.39, 0.29) is 12.1 Å². The number of hydrogen-bond donors (Lipinski definition) is 1. The molecule has 0 saturated carbocycles. The number of carbonyl (C=O) groups excluding carboxylic acids is 1. The van der Waals surface area contributed by atoms with Gasteiger partial charge in [-0.25, -0.2) is 4.79 Å². The Balaban J connectivity index is 2.70. The molecular formula is C17H28N2O2. The van der Waals surface area contributed by atoms with Crippen LogP contribution in [0.5, 0.6) is 0 Å². The van der Waals surface area contributed by atoms with Crippen LogP contribution in [0.3, 0.4) is 0 Å². The predicted octanol–water partition coefficient (Wildman–Crippen LogP) is 3.18. The summed E-state index contributed by atoms with van der Waals surface area (Å²) in [4.78, 5) is 14.5. The zero-order valence-electron chi connectivity index (χ0n) is 13.6. The van der Waals surface area contributed by atoms with Crippen molar-refractivity contribution < 1.29 is 9.53 Å². The van der Waals surface area contributed by atoms with Gasteiger partial charge in [0, 0.05) is 12.2 Å². The number of nitrogens with zero attached hydrogens (tertiary/aromatic N) is 1.